The van der Waals surface area contributed by atoms with Crippen LogP contribution >= 0.6 is 0 Å². The minimum Gasteiger partial charge on any atom is -0.407 e. The largest absolute Gasteiger partial charge is 0.407 e. The van der Waals surface area contributed by atoms with Gasteiger partial charge in [0.1, 0.15) is 0 Å². The molecule has 2 aromatic heterocycles. The molecular weight excluding hydrogens is 258 g/mol. The standard InChI is InChI=1S/C12H17N7O/c1-13-9-10-16-17-12(20-10)19-7-5-18(6-8-19)11-14-3-2-4-15-11/h2-4,13H,5-9H2,1H3. The van der Waals surface area contributed by atoms with Gasteiger partial charge in [0.05, 0.1) is 6.54 Å². The summed E-state index contributed by atoms with van der Waals surface area (Å²) in [6.07, 6.45) is 3.52. The van der Waals surface area contributed by atoms with Crippen molar-refractivity contribution in [3.05, 3.63) is 24.4 Å². The Morgan fingerprint density at radius 2 is 1.80 bits per heavy atom. The number of hydrogen-bond donors (Lipinski definition) is 1. The molecule has 106 valence electrons. The Bertz CT molecular complexity index is 536. The van der Waals surface area contributed by atoms with Crippen molar-refractivity contribution in [2.24, 2.45) is 0 Å². The Morgan fingerprint density at radius 3 is 2.50 bits per heavy atom. The highest BCUT2D eigenvalue weighted by Crippen LogP contribution is 2.16. The van der Waals surface area contributed by atoms with Crippen molar-refractivity contribution in [1.82, 2.24) is 25.5 Å². The van der Waals surface area contributed by atoms with Gasteiger partial charge in [-0.2, -0.15) is 0 Å². The van der Waals surface area contributed by atoms with E-state index in [0.29, 0.717) is 18.5 Å². The van der Waals surface area contributed by atoms with E-state index >= 15 is 0 Å². The molecule has 20 heavy (non-hydrogen) atoms. The molecule has 1 N–H and O–H groups in total. The van der Waals surface area contributed by atoms with E-state index in [9.17, 15) is 0 Å². The molecule has 8 nitrogen and oxygen atoms in total. The van der Waals surface area contributed by atoms with Gasteiger partial charge in [0, 0.05) is 38.6 Å². The van der Waals surface area contributed by atoms with Crippen molar-refractivity contribution in [3.63, 3.8) is 0 Å². The topological polar surface area (TPSA) is 83.2 Å². The summed E-state index contributed by atoms with van der Waals surface area (Å²) in [5, 5.41) is 11.1. The Balaban J connectivity index is 1.60. The molecule has 0 saturated carbocycles. The number of nitrogens with zero attached hydrogens (tertiary/aromatic N) is 6. The highest BCUT2D eigenvalue weighted by atomic mass is 16.4. The maximum absolute atomic E-state index is 5.60. The normalized spacial score (nSPS) is 15.7. The molecule has 1 aliphatic heterocycles. The average molecular weight is 275 g/mol. The summed E-state index contributed by atoms with van der Waals surface area (Å²) >= 11 is 0. The minimum absolute atomic E-state index is 0.587. The first-order valence-electron chi connectivity index (χ1n) is 6.60. The van der Waals surface area contributed by atoms with Crippen LogP contribution in [0.4, 0.5) is 12.0 Å². The third-order valence-electron chi connectivity index (χ3n) is 3.17. The summed E-state index contributed by atoms with van der Waals surface area (Å²) < 4.78 is 5.60. The van der Waals surface area contributed by atoms with Gasteiger partial charge in [-0.1, -0.05) is 5.10 Å². The zero-order valence-corrected chi connectivity index (χ0v) is 11.4. The Hall–Kier alpha value is -2.22. The summed E-state index contributed by atoms with van der Waals surface area (Å²) in [4.78, 5) is 12.8. The fourth-order valence-corrected chi connectivity index (χ4v) is 2.15. The lowest BCUT2D eigenvalue weighted by Gasteiger charge is -2.33. The summed E-state index contributed by atoms with van der Waals surface area (Å²) in [6.45, 7) is 3.91. The molecule has 0 amide bonds. The van der Waals surface area contributed by atoms with Crippen LogP contribution in [0.5, 0.6) is 0 Å². The number of nitrogens with one attached hydrogen (secondary N) is 1. The van der Waals surface area contributed by atoms with Crippen LogP contribution in [0.2, 0.25) is 0 Å². The molecule has 2 aromatic rings. The highest BCUT2D eigenvalue weighted by molar-refractivity contribution is 5.35. The monoisotopic (exact) mass is 275 g/mol. The van der Waals surface area contributed by atoms with Gasteiger partial charge in [0.25, 0.3) is 0 Å². The first-order chi connectivity index (χ1) is 9.86. The van der Waals surface area contributed by atoms with Crippen molar-refractivity contribution in [2.45, 2.75) is 6.54 Å². The fraction of sp³-hybridized carbons (Fsp3) is 0.500. The van der Waals surface area contributed by atoms with Crippen LogP contribution in [0.25, 0.3) is 0 Å². The van der Waals surface area contributed by atoms with Crippen molar-refractivity contribution in [1.29, 1.82) is 0 Å². The number of anilines is 2. The molecule has 0 atom stereocenters. The Morgan fingerprint density at radius 1 is 1.10 bits per heavy atom. The van der Waals surface area contributed by atoms with E-state index in [1.807, 2.05) is 13.1 Å². The molecule has 0 unspecified atom stereocenters. The van der Waals surface area contributed by atoms with E-state index in [0.717, 1.165) is 32.1 Å². The third-order valence-corrected chi connectivity index (χ3v) is 3.17. The molecule has 0 radical (unpaired) electrons. The van der Waals surface area contributed by atoms with Gasteiger partial charge in [-0.25, -0.2) is 9.97 Å². The van der Waals surface area contributed by atoms with Crippen LogP contribution in [-0.2, 0) is 6.54 Å². The smallest absolute Gasteiger partial charge is 0.318 e. The van der Waals surface area contributed by atoms with Crippen LogP contribution in [0.1, 0.15) is 5.89 Å². The van der Waals surface area contributed by atoms with E-state index in [4.69, 9.17) is 4.42 Å². The van der Waals surface area contributed by atoms with Gasteiger partial charge in [-0.05, 0) is 13.1 Å². The van der Waals surface area contributed by atoms with Crippen LogP contribution < -0.4 is 15.1 Å². The first kappa shape index (κ1) is 12.8. The van der Waals surface area contributed by atoms with Crippen LogP contribution in [0.3, 0.4) is 0 Å². The first-order valence-corrected chi connectivity index (χ1v) is 6.60. The summed E-state index contributed by atoms with van der Waals surface area (Å²) in [6, 6.07) is 2.41. The van der Waals surface area contributed by atoms with E-state index in [1.165, 1.54) is 0 Å². The van der Waals surface area contributed by atoms with Gasteiger partial charge in [-0.15, -0.1) is 5.10 Å². The van der Waals surface area contributed by atoms with Crippen molar-refractivity contribution < 1.29 is 4.42 Å². The molecule has 1 aliphatic rings. The predicted octanol–water partition coefficient (Wildman–Crippen LogP) is -0.0944. The molecule has 8 heteroatoms. The van der Waals surface area contributed by atoms with Gasteiger partial charge in [0.15, 0.2) is 0 Å². The molecular formula is C12H17N7O. The zero-order chi connectivity index (χ0) is 13.8. The fourth-order valence-electron chi connectivity index (χ4n) is 2.15. The molecule has 3 rings (SSSR count). The number of hydrogen-bond acceptors (Lipinski definition) is 8. The summed E-state index contributed by atoms with van der Waals surface area (Å²) in [5.41, 5.74) is 0. The van der Waals surface area contributed by atoms with Crippen LogP contribution in [-0.4, -0.2) is 53.4 Å². The van der Waals surface area contributed by atoms with Crippen molar-refractivity contribution in [2.75, 3.05) is 43.0 Å². The SMILES string of the molecule is CNCc1nnc(N2CCN(c3ncccn3)CC2)o1. The molecule has 0 spiro atoms. The zero-order valence-electron chi connectivity index (χ0n) is 11.4. The lowest BCUT2D eigenvalue weighted by molar-refractivity contribution is 0.463. The molecule has 0 aromatic carbocycles. The second-order valence-electron chi connectivity index (χ2n) is 4.53. The molecule has 0 bridgehead atoms. The molecule has 3 heterocycles. The molecule has 1 fully saturated rings. The summed E-state index contributed by atoms with van der Waals surface area (Å²) in [5.74, 6) is 1.38. The van der Waals surface area contributed by atoms with Gasteiger partial charge in [0.2, 0.25) is 11.8 Å². The lowest BCUT2D eigenvalue weighted by atomic mass is 10.3. The number of rotatable bonds is 4. The second-order valence-corrected chi connectivity index (χ2v) is 4.53. The highest BCUT2D eigenvalue weighted by Gasteiger charge is 2.22. The average Bonchev–Trinajstić information content (AvgIpc) is 2.97. The van der Waals surface area contributed by atoms with Gasteiger partial charge < -0.3 is 19.5 Å². The van der Waals surface area contributed by atoms with Crippen molar-refractivity contribution in [3.8, 4) is 0 Å². The van der Waals surface area contributed by atoms with E-state index in [-0.39, 0.29) is 0 Å². The minimum atomic E-state index is 0.587. The number of aromatic nitrogens is 4. The quantitative estimate of drug-likeness (QED) is 0.828. The maximum Gasteiger partial charge on any atom is 0.318 e. The van der Waals surface area contributed by atoms with Crippen LogP contribution in [0.15, 0.2) is 22.9 Å². The van der Waals surface area contributed by atoms with E-state index < -0.39 is 0 Å². The van der Waals surface area contributed by atoms with Crippen LogP contribution in [0, 0.1) is 0 Å². The maximum atomic E-state index is 5.60. The Labute approximate surface area is 116 Å². The van der Waals surface area contributed by atoms with E-state index in [2.05, 4.69) is 35.3 Å². The molecule has 0 aliphatic carbocycles. The predicted molar refractivity (Wildman–Crippen MR) is 73.5 cm³/mol. The third kappa shape index (κ3) is 2.69. The van der Waals surface area contributed by atoms with Gasteiger partial charge >= 0.3 is 6.01 Å². The number of piperazine rings is 1. The Kier molecular flexibility index (Phi) is 3.73. The summed E-state index contributed by atoms with van der Waals surface area (Å²) in [7, 11) is 1.85. The van der Waals surface area contributed by atoms with E-state index in [1.54, 1.807) is 12.4 Å². The van der Waals surface area contributed by atoms with Crippen molar-refractivity contribution >= 4 is 12.0 Å². The molecule has 1 saturated heterocycles. The van der Waals surface area contributed by atoms with Gasteiger partial charge in [-0.3, -0.25) is 0 Å². The second kappa shape index (κ2) is 5.83. The lowest BCUT2D eigenvalue weighted by Crippen LogP contribution is -2.47.